The van der Waals surface area contributed by atoms with E-state index in [1.165, 1.54) is 30.2 Å². The van der Waals surface area contributed by atoms with Crippen molar-refractivity contribution in [3.05, 3.63) is 64.7 Å². The van der Waals surface area contributed by atoms with Crippen molar-refractivity contribution in [1.82, 2.24) is 15.5 Å². The average Bonchev–Trinajstić information content (AvgIpc) is 3.06. The first-order chi connectivity index (χ1) is 15.5. The molecule has 1 aliphatic rings. The van der Waals surface area contributed by atoms with Crippen molar-refractivity contribution in [3.8, 4) is 5.75 Å². The Morgan fingerprint density at radius 3 is 2.19 bits per heavy atom. The molecule has 1 aliphatic heterocycles. The minimum atomic E-state index is -0.415. The second-order valence-electron chi connectivity index (χ2n) is 7.11. The molecular formula is C23H25N3O6. The third-order valence-corrected chi connectivity index (χ3v) is 4.99. The van der Waals surface area contributed by atoms with Gasteiger partial charge in [-0.25, -0.2) is 0 Å². The normalized spacial score (nSPS) is 12.5. The summed E-state index contributed by atoms with van der Waals surface area (Å²) in [5, 5.41) is 5.41. The summed E-state index contributed by atoms with van der Waals surface area (Å²) in [5.41, 5.74) is 1.22. The Kier molecular flexibility index (Phi) is 7.56. The minimum absolute atomic E-state index is 0.196. The van der Waals surface area contributed by atoms with Crippen molar-refractivity contribution in [1.29, 1.82) is 0 Å². The lowest BCUT2D eigenvalue weighted by atomic mass is 10.1. The second kappa shape index (κ2) is 10.5. The summed E-state index contributed by atoms with van der Waals surface area (Å²) in [6, 6.07) is 11.2. The molecule has 4 amide bonds. The molecule has 3 rings (SSSR count). The molecule has 32 heavy (non-hydrogen) atoms. The summed E-state index contributed by atoms with van der Waals surface area (Å²) in [4.78, 5) is 50.8. The van der Waals surface area contributed by atoms with Crippen LogP contribution in [0.3, 0.4) is 0 Å². The van der Waals surface area contributed by atoms with Crippen LogP contribution in [0.5, 0.6) is 5.75 Å². The predicted octanol–water partition coefficient (Wildman–Crippen LogP) is 1.49. The number of ether oxygens (including phenoxy) is 2. The Hall–Kier alpha value is -3.72. The fourth-order valence-corrected chi connectivity index (χ4v) is 3.32. The van der Waals surface area contributed by atoms with Gasteiger partial charge in [-0.15, -0.1) is 0 Å². The van der Waals surface area contributed by atoms with Crippen LogP contribution < -0.4 is 15.4 Å². The molecule has 0 aliphatic carbocycles. The number of carbonyl (C=O) groups excluding carboxylic acids is 4. The van der Waals surface area contributed by atoms with Gasteiger partial charge in [-0.05, 0) is 42.8 Å². The fraction of sp³-hybridized carbons (Fsp3) is 0.304. The molecule has 0 saturated heterocycles. The van der Waals surface area contributed by atoms with Gasteiger partial charge < -0.3 is 20.1 Å². The zero-order valence-corrected chi connectivity index (χ0v) is 18.0. The molecule has 168 valence electrons. The van der Waals surface area contributed by atoms with Crippen LogP contribution in [0.15, 0.2) is 42.5 Å². The second-order valence-corrected chi connectivity index (χ2v) is 7.11. The number of nitrogens with zero attached hydrogens (tertiary/aromatic N) is 1. The van der Waals surface area contributed by atoms with Crippen molar-refractivity contribution in [3.63, 3.8) is 0 Å². The smallest absolute Gasteiger partial charge is 0.261 e. The number of carbonyl (C=O) groups is 4. The molecule has 9 nitrogen and oxygen atoms in total. The maximum atomic E-state index is 12.6. The van der Waals surface area contributed by atoms with E-state index < -0.39 is 11.8 Å². The first-order valence-electron chi connectivity index (χ1n) is 10.2. The number of imide groups is 1. The Morgan fingerprint density at radius 2 is 1.53 bits per heavy atom. The molecule has 0 fully saturated rings. The molecule has 2 N–H and O–H groups in total. The quantitative estimate of drug-likeness (QED) is 0.428. The van der Waals surface area contributed by atoms with Crippen LogP contribution in [0.1, 0.15) is 47.9 Å². The largest absolute Gasteiger partial charge is 0.497 e. The monoisotopic (exact) mass is 439 g/mol. The van der Waals surface area contributed by atoms with Gasteiger partial charge in [-0.1, -0.05) is 6.07 Å². The number of hydrogen-bond donors (Lipinski definition) is 2. The maximum Gasteiger partial charge on any atom is 0.261 e. The van der Waals surface area contributed by atoms with Gasteiger partial charge in [-0.3, -0.25) is 24.1 Å². The van der Waals surface area contributed by atoms with Gasteiger partial charge in [0.05, 0.1) is 18.2 Å². The molecule has 9 heteroatoms. The van der Waals surface area contributed by atoms with Crippen LogP contribution in [-0.2, 0) is 4.74 Å². The number of fused-ring (bicyclic) bond motifs is 1. The van der Waals surface area contributed by atoms with E-state index in [1.54, 1.807) is 31.4 Å². The van der Waals surface area contributed by atoms with Crippen LogP contribution >= 0.6 is 0 Å². The lowest BCUT2D eigenvalue weighted by molar-refractivity contribution is 0.0638. The standard InChI is InChI=1S/C23H25N3O6/c1-31-12-4-11-26-22(29)18-8-7-16(14-19(18)23(26)30)21(28)25-10-9-24-20(27)15-5-3-6-17(13-15)32-2/h3,5-8,13-14H,4,9-12H2,1-2H3,(H,24,27)(H,25,28). The van der Waals surface area contributed by atoms with E-state index in [0.717, 1.165) is 0 Å². The van der Waals surface area contributed by atoms with Gasteiger partial charge in [-0.2, -0.15) is 0 Å². The molecule has 0 aromatic heterocycles. The Labute approximate surface area is 185 Å². The molecule has 2 aromatic rings. The first kappa shape index (κ1) is 23.0. The highest BCUT2D eigenvalue weighted by Gasteiger charge is 2.35. The van der Waals surface area contributed by atoms with Gasteiger partial charge in [0.1, 0.15) is 5.75 Å². The van der Waals surface area contributed by atoms with Gasteiger partial charge in [0.2, 0.25) is 0 Å². The SMILES string of the molecule is COCCCN1C(=O)c2ccc(C(=O)NCCNC(=O)c3cccc(OC)c3)cc2C1=O. The average molecular weight is 439 g/mol. The minimum Gasteiger partial charge on any atom is -0.497 e. The highest BCUT2D eigenvalue weighted by atomic mass is 16.5. The fourth-order valence-electron chi connectivity index (χ4n) is 3.32. The number of nitrogens with one attached hydrogen (secondary N) is 2. The van der Waals surface area contributed by atoms with Crippen molar-refractivity contribution in [2.45, 2.75) is 6.42 Å². The van der Waals surface area contributed by atoms with Crippen LogP contribution in [0.2, 0.25) is 0 Å². The van der Waals surface area contributed by atoms with Gasteiger partial charge in [0, 0.05) is 44.5 Å². The molecule has 0 unspecified atom stereocenters. The van der Waals surface area contributed by atoms with E-state index in [0.29, 0.717) is 24.3 Å². The number of methoxy groups -OCH3 is 2. The highest BCUT2D eigenvalue weighted by molar-refractivity contribution is 6.22. The first-order valence-corrected chi connectivity index (χ1v) is 10.2. The molecule has 0 atom stereocenters. The van der Waals surface area contributed by atoms with Crippen LogP contribution in [-0.4, -0.2) is 69.0 Å². The number of benzene rings is 2. The van der Waals surface area contributed by atoms with Crippen LogP contribution in [0, 0.1) is 0 Å². The Bertz CT molecular complexity index is 1040. The Morgan fingerprint density at radius 1 is 0.875 bits per heavy atom. The van der Waals surface area contributed by atoms with E-state index in [2.05, 4.69) is 10.6 Å². The van der Waals surface area contributed by atoms with E-state index >= 15 is 0 Å². The molecule has 0 spiro atoms. The highest BCUT2D eigenvalue weighted by Crippen LogP contribution is 2.24. The molecular weight excluding hydrogens is 414 g/mol. The summed E-state index contributed by atoms with van der Waals surface area (Å²) in [6.07, 6.45) is 0.538. The summed E-state index contributed by atoms with van der Waals surface area (Å²) in [6.45, 7) is 1.11. The van der Waals surface area contributed by atoms with Gasteiger partial charge in [0.25, 0.3) is 23.6 Å². The van der Waals surface area contributed by atoms with Crippen molar-refractivity contribution in [2.24, 2.45) is 0 Å². The predicted molar refractivity (Wildman–Crippen MR) is 116 cm³/mol. The molecule has 0 bridgehead atoms. The zero-order chi connectivity index (χ0) is 23.1. The number of amides is 4. The maximum absolute atomic E-state index is 12.6. The lowest BCUT2D eigenvalue weighted by Crippen LogP contribution is -2.34. The third-order valence-electron chi connectivity index (χ3n) is 4.99. The van der Waals surface area contributed by atoms with Crippen LogP contribution in [0.25, 0.3) is 0 Å². The molecule has 0 saturated carbocycles. The van der Waals surface area contributed by atoms with Gasteiger partial charge in [0.15, 0.2) is 0 Å². The van der Waals surface area contributed by atoms with Crippen molar-refractivity contribution in [2.75, 3.05) is 40.5 Å². The topological polar surface area (TPSA) is 114 Å². The van der Waals surface area contributed by atoms with E-state index in [9.17, 15) is 19.2 Å². The van der Waals surface area contributed by atoms with E-state index in [-0.39, 0.29) is 48.1 Å². The van der Waals surface area contributed by atoms with Gasteiger partial charge >= 0.3 is 0 Å². The lowest BCUT2D eigenvalue weighted by Gasteiger charge is -2.12. The van der Waals surface area contributed by atoms with E-state index in [1.807, 2.05) is 0 Å². The van der Waals surface area contributed by atoms with E-state index in [4.69, 9.17) is 9.47 Å². The molecule has 1 heterocycles. The van der Waals surface area contributed by atoms with Crippen molar-refractivity contribution >= 4 is 23.6 Å². The third kappa shape index (κ3) is 5.12. The molecule has 0 radical (unpaired) electrons. The van der Waals surface area contributed by atoms with Crippen LogP contribution in [0.4, 0.5) is 0 Å². The number of hydrogen-bond acceptors (Lipinski definition) is 6. The Balaban J connectivity index is 1.53. The zero-order valence-electron chi connectivity index (χ0n) is 18.0. The molecule has 2 aromatic carbocycles. The van der Waals surface area contributed by atoms with Crippen molar-refractivity contribution < 1.29 is 28.7 Å². The summed E-state index contributed by atoms with van der Waals surface area (Å²) in [5.74, 6) is -0.891. The summed E-state index contributed by atoms with van der Waals surface area (Å²) in [7, 11) is 3.07. The number of rotatable bonds is 10. The summed E-state index contributed by atoms with van der Waals surface area (Å²) < 4.78 is 10.1. The summed E-state index contributed by atoms with van der Waals surface area (Å²) >= 11 is 0.